The standard InChI is InChI=1S/C19H24F2N6O/c1-12-3-2-4-15(23-12)19(28)24-16-11-27(25-17(16)18(20)21)14-9-26(10-14)13-5-7-22-8-6-13/h2-4,11,13-14,18,22H,5-10H2,1H3,(H,24,28). The van der Waals surface area contributed by atoms with Gasteiger partial charge in [0, 0.05) is 31.0 Å². The quantitative estimate of drug-likeness (QED) is 0.820. The highest BCUT2D eigenvalue weighted by Gasteiger charge is 2.35. The van der Waals surface area contributed by atoms with E-state index in [9.17, 15) is 13.6 Å². The molecule has 2 N–H and O–H groups in total. The Balaban J connectivity index is 1.45. The first-order chi connectivity index (χ1) is 13.5. The fourth-order valence-electron chi connectivity index (χ4n) is 3.83. The van der Waals surface area contributed by atoms with E-state index in [1.54, 1.807) is 29.8 Å². The number of aryl methyl sites for hydroxylation is 1. The molecule has 9 heteroatoms. The van der Waals surface area contributed by atoms with Gasteiger partial charge in [0.2, 0.25) is 0 Å². The van der Waals surface area contributed by atoms with Gasteiger partial charge in [-0.3, -0.25) is 14.4 Å². The number of hydrogen-bond donors (Lipinski definition) is 2. The topological polar surface area (TPSA) is 75.1 Å². The number of rotatable bonds is 5. The van der Waals surface area contributed by atoms with Gasteiger partial charge in [-0.2, -0.15) is 5.10 Å². The second-order valence-electron chi connectivity index (χ2n) is 7.42. The highest BCUT2D eigenvalue weighted by atomic mass is 19.3. The molecule has 1 amide bonds. The zero-order valence-corrected chi connectivity index (χ0v) is 15.7. The van der Waals surface area contributed by atoms with E-state index in [4.69, 9.17) is 0 Å². The van der Waals surface area contributed by atoms with Crippen molar-refractivity contribution in [3.8, 4) is 0 Å². The molecule has 0 radical (unpaired) electrons. The maximum absolute atomic E-state index is 13.5. The molecule has 150 valence electrons. The number of nitrogens with one attached hydrogen (secondary N) is 2. The van der Waals surface area contributed by atoms with E-state index in [0.717, 1.165) is 39.0 Å². The van der Waals surface area contributed by atoms with Crippen molar-refractivity contribution >= 4 is 11.6 Å². The monoisotopic (exact) mass is 390 g/mol. The molecule has 2 aliphatic heterocycles. The lowest BCUT2D eigenvalue weighted by Gasteiger charge is -2.45. The molecule has 2 fully saturated rings. The number of anilines is 1. The number of likely N-dealkylation sites (tertiary alicyclic amines) is 1. The van der Waals surface area contributed by atoms with Crippen LogP contribution in [0.5, 0.6) is 0 Å². The summed E-state index contributed by atoms with van der Waals surface area (Å²) in [4.78, 5) is 18.9. The van der Waals surface area contributed by atoms with Gasteiger partial charge in [0.05, 0.1) is 11.7 Å². The van der Waals surface area contributed by atoms with Crippen LogP contribution < -0.4 is 10.6 Å². The SMILES string of the molecule is Cc1cccc(C(=O)Nc2cn(C3CN(C4CCNCC4)C3)nc2C(F)F)n1. The molecular weight excluding hydrogens is 366 g/mol. The largest absolute Gasteiger partial charge is 0.318 e. The second kappa shape index (κ2) is 7.92. The van der Waals surface area contributed by atoms with E-state index in [-0.39, 0.29) is 17.4 Å². The number of aromatic nitrogens is 3. The molecule has 4 heterocycles. The Hall–Kier alpha value is -2.39. The summed E-state index contributed by atoms with van der Waals surface area (Å²) < 4.78 is 28.5. The fraction of sp³-hybridized carbons (Fsp3) is 0.526. The van der Waals surface area contributed by atoms with Crippen molar-refractivity contribution in [1.82, 2.24) is 25.0 Å². The highest BCUT2D eigenvalue weighted by molar-refractivity contribution is 6.03. The van der Waals surface area contributed by atoms with Gasteiger partial charge in [-0.05, 0) is 45.0 Å². The van der Waals surface area contributed by atoms with Crippen LogP contribution in [0.1, 0.15) is 47.2 Å². The average Bonchev–Trinajstić information content (AvgIpc) is 3.05. The normalized spacial score (nSPS) is 19.0. The molecule has 2 aromatic rings. The van der Waals surface area contributed by atoms with Crippen LogP contribution in [-0.2, 0) is 0 Å². The van der Waals surface area contributed by atoms with Crippen LogP contribution in [0.25, 0.3) is 0 Å². The molecule has 0 unspecified atom stereocenters. The molecule has 2 saturated heterocycles. The summed E-state index contributed by atoms with van der Waals surface area (Å²) in [6, 6.07) is 5.63. The third kappa shape index (κ3) is 3.90. The van der Waals surface area contributed by atoms with Crippen LogP contribution >= 0.6 is 0 Å². The van der Waals surface area contributed by atoms with E-state index in [2.05, 4.69) is 25.6 Å². The zero-order valence-electron chi connectivity index (χ0n) is 15.7. The molecule has 4 rings (SSSR count). The van der Waals surface area contributed by atoms with Crippen LogP contribution in [0.3, 0.4) is 0 Å². The van der Waals surface area contributed by atoms with Crippen LogP contribution in [0, 0.1) is 6.92 Å². The van der Waals surface area contributed by atoms with Crippen LogP contribution in [0.2, 0.25) is 0 Å². The van der Waals surface area contributed by atoms with Crippen LogP contribution in [-0.4, -0.2) is 57.8 Å². The van der Waals surface area contributed by atoms with Gasteiger partial charge in [-0.25, -0.2) is 13.8 Å². The van der Waals surface area contributed by atoms with Crippen molar-refractivity contribution < 1.29 is 13.6 Å². The lowest BCUT2D eigenvalue weighted by Crippen LogP contribution is -2.55. The molecule has 28 heavy (non-hydrogen) atoms. The predicted molar refractivity (Wildman–Crippen MR) is 101 cm³/mol. The van der Waals surface area contributed by atoms with Crippen LogP contribution in [0.4, 0.5) is 14.5 Å². The van der Waals surface area contributed by atoms with Crippen LogP contribution in [0.15, 0.2) is 24.4 Å². The molecular formula is C19H24F2N6O. The number of alkyl halides is 2. The number of piperidine rings is 1. The van der Waals surface area contributed by atoms with Crippen molar-refractivity contribution in [1.29, 1.82) is 0 Å². The molecule has 0 bridgehead atoms. The predicted octanol–water partition coefficient (Wildman–Crippen LogP) is 2.39. The highest BCUT2D eigenvalue weighted by Crippen LogP contribution is 2.31. The molecule has 0 saturated carbocycles. The third-order valence-corrected chi connectivity index (χ3v) is 5.43. The molecule has 0 aliphatic carbocycles. The van der Waals surface area contributed by atoms with E-state index in [1.165, 1.54) is 6.20 Å². The summed E-state index contributed by atoms with van der Waals surface area (Å²) in [5, 5.41) is 9.96. The lowest BCUT2D eigenvalue weighted by atomic mass is 9.98. The second-order valence-corrected chi connectivity index (χ2v) is 7.42. The summed E-state index contributed by atoms with van der Waals surface area (Å²) >= 11 is 0. The maximum atomic E-state index is 13.5. The Labute approximate surface area is 162 Å². The van der Waals surface area contributed by atoms with Crippen molar-refractivity contribution in [2.24, 2.45) is 0 Å². The lowest BCUT2D eigenvalue weighted by molar-refractivity contribution is 0.0380. The number of carbonyl (C=O) groups excluding carboxylic acids is 1. The van der Waals surface area contributed by atoms with Gasteiger partial charge < -0.3 is 10.6 Å². The molecule has 0 atom stereocenters. The van der Waals surface area contributed by atoms with Crippen molar-refractivity contribution in [2.45, 2.75) is 38.3 Å². The number of pyridine rings is 1. The fourth-order valence-corrected chi connectivity index (χ4v) is 3.83. The smallest absolute Gasteiger partial charge is 0.284 e. The first-order valence-corrected chi connectivity index (χ1v) is 9.58. The minimum absolute atomic E-state index is 0.0450. The third-order valence-electron chi connectivity index (χ3n) is 5.43. The first kappa shape index (κ1) is 18.9. The number of carbonyl (C=O) groups is 1. The average molecular weight is 390 g/mol. The Morgan fingerprint density at radius 1 is 1.25 bits per heavy atom. The van der Waals surface area contributed by atoms with E-state index in [0.29, 0.717) is 11.7 Å². The van der Waals surface area contributed by atoms with Gasteiger partial charge in [0.1, 0.15) is 5.69 Å². The van der Waals surface area contributed by atoms with Gasteiger partial charge in [0.25, 0.3) is 12.3 Å². The van der Waals surface area contributed by atoms with Crippen molar-refractivity contribution in [3.05, 3.63) is 41.5 Å². The number of amides is 1. The van der Waals surface area contributed by atoms with Gasteiger partial charge in [0.15, 0.2) is 5.69 Å². The van der Waals surface area contributed by atoms with Crippen molar-refractivity contribution in [2.75, 3.05) is 31.5 Å². The molecule has 0 aromatic carbocycles. The molecule has 7 nitrogen and oxygen atoms in total. The Bertz CT molecular complexity index is 843. The summed E-state index contributed by atoms with van der Waals surface area (Å²) in [7, 11) is 0. The van der Waals surface area contributed by atoms with Gasteiger partial charge >= 0.3 is 0 Å². The molecule has 0 spiro atoms. The number of nitrogens with zero attached hydrogens (tertiary/aromatic N) is 4. The summed E-state index contributed by atoms with van der Waals surface area (Å²) in [5.41, 5.74) is 0.517. The Kier molecular flexibility index (Phi) is 5.36. The number of hydrogen-bond acceptors (Lipinski definition) is 5. The Morgan fingerprint density at radius 3 is 2.68 bits per heavy atom. The summed E-state index contributed by atoms with van der Waals surface area (Å²) in [6.07, 6.45) is 0.972. The summed E-state index contributed by atoms with van der Waals surface area (Å²) in [5.74, 6) is -0.518. The van der Waals surface area contributed by atoms with E-state index in [1.807, 2.05) is 0 Å². The maximum Gasteiger partial charge on any atom is 0.284 e. The minimum atomic E-state index is -2.76. The minimum Gasteiger partial charge on any atom is -0.318 e. The number of halogens is 2. The van der Waals surface area contributed by atoms with Crippen molar-refractivity contribution in [3.63, 3.8) is 0 Å². The van der Waals surface area contributed by atoms with E-state index < -0.39 is 18.0 Å². The van der Waals surface area contributed by atoms with E-state index >= 15 is 0 Å². The summed E-state index contributed by atoms with van der Waals surface area (Å²) in [6.45, 7) is 5.40. The molecule has 2 aliphatic rings. The first-order valence-electron chi connectivity index (χ1n) is 9.58. The van der Waals surface area contributed by atoms with Gasteiger partial charge in [-0.1, -0.05) is 6.07 Å². The van der Waals surface area contributed by atoms with Gasteiger partial charge in [-0.15, -0.1) is 0 Å². The molecule has 2 aromatic heterocycles. The Morgan fingerprint density at radius 2 is 2.00 bits per heavy atom. The zero-order chi connectivity index (χ0) is 19.7.